The summed E-state index contributed by atoms with van der Waals surface area (Å²) in [6.45, 7) is 2.20. The number of fused-ring (bicyclic) bond motifs is 1. The van der Waals surface area contributed by atoms with E-state index in [1.165, 1.54) is 28.0 Å². The number of hydrogen-bond acceptors (Lipinski definition) is 9. The molecule has 11 heteroatoms. The lowest BCUT2D eigenvalue weighted by atomic mass is 9.86. The number of thiophene rings is 1. The number of nitriles is 1. The number of hydrogen-bond donors (Lipinski definition) is 1. The number of carbonyl (C=O) groups is 1. The molecule has 1 unspecified atom stereocenters. The highest BCUT2D eigenvalue weighted by Gasteiger charge is 2.26. The molecular weight excluding hydrogens is 498 g/mol. The molecule has 1 aliphatic rings. The van der Waals surface area contributed by atoms with E-state index in [0.29, 0.717) is 44.7 Å². The second kappa shape index (κ2) is 11.2. The number of nitrogens with zero attached hydrogens (tertiary/aromatic N) is 4. The number of rotatable bonds is 9. The van der Waals surface area contributed by atoms with Gasteiger partial charge < -0.3 is 24.1 Å². The SMILES string of the molecule is CCC1CCc2c(sc(NC(=O)CSc3nnc(-c4cc(OC)c(OC)c(OC)c4)n3C)c2C#N)C1. The third-order valence-electron chi connectivity index (χ3n) is 6.40. The third kappa shape index (κ3) is 5.01. The topological polar surface area (TPSA) is 111 Å². The van der Waals surface area contributed by atoms with Crippen molar-refractivity contribution >= 4 is 34.0 Å². The molecule has 1 aliphatic carbocycles. The number of thioether (sulfide) groups is 1. The van der Waals surface area contributed by atoms with E-state index in [0.717, 1.165) is 36.8 Å². The second-order valence-corrected chi connectivity index (χ2v) is 10.5. The molecule has 0 aliphatic heterocycles. The predicted octanol–water partition coefficient (Wildman–Crippen LogP) is 4.69. The summed E-state index contributed by atoms with van der Waals surface area (Å²) in [4.78, 5) is 14.0. The normalized spacial score (nSPS) is 14.6. The van der Waals surface area contributed by atoms with Gasteiger partial charge in [-0.1, -0.05) is 25.1 Å². The van der Waals surface area contributed by atoms with Crippen LogP contribution in [-0.4, -0.2) is 47.8 Å². The minimum Gasteiger partial charge on any atom is -0.493 e. The van der Waals surface area contributed by atoms with E-state index in [1.54, 1.807) is 33.5 Å². The van der Waals surface area contributed by atoms with Gasteiger partial charge in [0.2, 0.25) is 11.7 Å². The van der Waals surface area contributed by atoms with Crippen molar-refractivity contribution < 1.29 is 19.0 Å². The van der Waals surface area contributed by atoms with Crippen molar-refractivity contribution in [2.45, 2.75) is 37.8 Å². The van der Waals surface area contributed by atoms with Crippen LogP contribution in [0.5, 0.6) is 17.2 Å². The van der Waals surface area contributed by atoms with Gasteiger partial charge >= 0.3 is 0 Å². The Bertz CT molecular complexity index is 1290. The van der Waals surface area contributed by atoms with E-state index >= 15 is 0 Å². The Balaban J connectivity index is 1.47. The van der Waals surface area contributed by atoms with E-state index < -0.39 is 0 Å². The Kier molecular flexibility index (Phi) is 8.06. The Labute approximate surface area is 218 Å². The fourth-order valence-corrected chi connectivity index (χ4v) is 6.44. The summed E-state index contributed by atoms with van der Waals surface area (Å²) in [5.74, 6) is 2.74. The Morgan fingerprint density at radius 2 is 1.97 bits per heavy atom. The molecule has 1 aromatic carbocycles. The summed E-state index contributed by atoms with van der Waals surface area (Å²) in [7, 11) is 6.50. The molecule has 1 atom stereocenters. The first kappa shape index (κ1) is 25.9. The summed E-state index contributed by atoms with van der Waals surface area (Å²) in [6, 6.07) is 5.91. The monoisotopic (exact) mass is 527 g/mol. The first-order valence-electron chi connectivity index (χ1n) is 11.6. The summed E-state index contributed by atoms with van der Waals surface area (Å²) >= 11 is 2.82. The van der Waals surface area contributed by atoms with Crippen molar-refractivity contribution in [2.75, 3.05) is 32.4 Å². The van der Waals surface area contributed by atoms with Crippen molar-refractivity contribution in [3.05, 3.63) is 28.1 Å². The molecule has 9 nitrogen and oxygen atoms in total. The van der Waals surface area contributed by atoms with Gasteiger partial charge in [-0.25, -0.2) is 0 Å². The Hall–Kier alpha value is -3.23. The lowest BCUT2D eigenvalue weighted by Crippen LogP contribution is -2.14. The van der Waals surface area contributed by atoms with E-state index in [1.807, 2.05) is 11.6 Å². The minimum atomic E-state index is -0.181. The average Bonchev–Trinajstić information content (AvgIpc) is 3.44. The van der Waals surface area contributed by atoms with Gasteiger partial charge in [0.1, 0.15) is 11.1 Å². The molecule has 1 N–H and O–H groups in total. The number of ether oxygens (including phenoxy) is 3. The van der Waals surface area contributed by atoms with E-state index in [4.69, 9.17) is 14.2 Å². The van der Waals surface area contributed by atoms with Crippen LogP contribution in [-0.2, 0) is 24.7 Å². The lowest BCUT2D eigenvalue weighted by molar-refractivity contribution is -0.113. The van der Waals surface area contributed by atoms with Crippen LogP contribution in [0, 0.1) is 17.2 Å². The van der Waals surface area contributed by atoms with Crippen LogP contribution >= 0.6 is 23.1 Å². The summed E-state index contributed by atoms with van der Waals surface area (Å²) < 4.78 is 18.1. The maximum absolute atomic E-state index is 12.8. The van der Waals surface area contributed by atoms with Crippen LogP contribution < -0.4 is 19.5 Å². The van der Waals surface area contributed by atoms with Gasteiger partial charge in [0.05, 0.1) is 32.6 Å². The number of nitrogens with one attached hydrogen (secondary N) is 1. The number of carbonyl (C=O) groups excluding carboxylic acids is 1. The zero-order valence-electron chi connectivity index (χ0n) is 21.0. The van der Waals surface area contributed by atoms with Gasteiger partial charge in [0.25, 0.3) is 0 Å². The van der Waals surface area contributed by atoms with Gasteiger partial charge in [-0.2, -0.15) is 5.26 Å². The number of benzene rings is 1. The molecule has 0 fully saturated rings. The highest BCUT2D eigenvalue weighted by molar-refractivity contribution is 7.99. The molecule has 2 heterocycles. The molecule has 0 radical (unpaired) electrons. The van der Waals surface area contributed by atoms with Gasteiger partial charge in [0.15, 0.2) is 22.5 Å². The molecule has 0 bridgehead atoms. The lowest BCUT2D eigenvalue weighted by Gasteiger charge is -2.20. The molecule has 0 spiro atoms. The van der Waals surface area contributed by atoms with E-state index in [2.05, 4.69) is 28.5 Å². The third-order valence-corrected chi connectivity index (χ3v) is 8.59. The number of aromatic nitrogens is 3. The van der Waals surface area contributed by atoms with E-state index in [9.17, 15) is 10.1 Å². The first-order chi connectivity index (χ1) is 17.4. The summed E-state index contributed by atoms with van der Waals surface area (Å²) in [5, 5.41) is 22.5. The maximum atomic E-state index is 12.8. The Morgan fingerprint density at radius 3 is 2.58 bits per heavy atom. The number of amides is 1. The van der Waals surface area contributed by atoms with Crippen LogP contribution in [0.2, 0.25) is 0 Å². The molecule has 190 valence electrons. The zero-order valence-corrected chi connectivity index (χ0v) is 22.6. The van der Waals surface area contributed by atoms with Crippen molar-refractivity contribution in [3.63, 3.8) is 0 Å². The van der Waals surface area contributed by atoms with Crippen LogP contribution in [0.1, 0.15) is 35.8 Å². The molecule has 2 aromatic heterocycles. The molecule has 1 amide bonds. The van der Waals surface area contributed by atoms with Crippen molar-refractivity contribution in [1.82, 2.24) is 14.8 Å². The van der Waals surface area contributed by atoms with Crippen LogP contribution in [0.15, 0.2) is 17.3 Å². The molecule has 36 heavy (non-hydrogen) atoms. The van der Waals surface area contributed by atoms with Crippen molar-refractivity contribution in [3.8, 4) is 34.7 Å². The summed E-state index contributed by atoms with van der Waals surface area (Å²) in [5.41, 5.74) is 2.47. The zero-order chi connectivity index (χ0) is 25.8. The van der Waals surface area contributed by atoms with Crippen LogP contribution in [0.3, 0.4) is 0 Å². The van der Waals surface area contributed by atoms with Crippen molar-refractivity contribution in [1.29, 1.82) is 5.26 Å². The van der Waals surface area contributed by atoms with Gasteiger partial charge in [-0.15, -0.1) is 21.5 Å². The highest BCUT2D eigenvalue weighted by atomic mass is 32.2. The van der Waals surface area contributed by atoms with Gasteiger partial charge in [-0.05, 0) is 42.9 Å². The largest absolute Gasteiger partial charge is 0.493 e. The quantitative estimate of drug-likeness (QED) is 0.399. The average molecular weight is 528 g/mol. The number of methoxy groups -OCH3 is 3. The van der Waals surface area contributed by atoms with Gasteiger partial charge in [-0.3, -0.25) is 4.79 Å². The van der Waals surface area contributed by atoms with Crippen LogP contribution in [0.25, 0.3) is 11.4 Å². The molecule has 4 rings (SSSR count). The maximum Gasteiger partial charge on any atom is 0.235 e. The fourth-order valence-electron chi connectivity index (χ4n) is 4.40. The standard InChI is InChI=1S/C25H29N5O4S2/c1-6-14-7-8-16-17(12-26)24(36-20(16)9-14)27-21(31)13-35-25-29-28-23(30(25)2)15-10-18(32-3)22(34-5)19(11-15)33-4/h10-11,14H,6-9,13H2,1-5H3,(H,27,31). The predicted molar refractivity (Wildman–Crippen MR) is 140 cm³/mol. The minimum absolute atomic E-state index is 0.145. The van der Waals surface area contributed by atoms with E-state index in [-0.39, 0.29) is 11.7 Å². The fraction of sp³-hybridized carbons (Fsp3) is 0.440. The van der Waals surface area contributed by atoms with Gasteiger partial charge in [0, 0.05) is 17.5 Å². The summed E-state index contributed by atoms with van der Waals surface area (Å²) in [6.07, 6.45) is 4.12. The first-order valence-corrected chi connectivity index (χ1v) is 13.4. The van der Waals surface area contributed by atoms with Crippen molar-refractivity contribution in [2.24, 2.45) is 13.0 Å². The molecule has 0 saturated carbocycles. The second-order valence-electron chi connectivity index (χ2n) is 8.45. The molecular formula is C25H29N5O4S2. The molecule has 0 saturated heterocycles. The molecule has 3 aromatic rings. The smallest absolute Gasteiger partial charge is 0.235 e. The number of anilines is 1. The Morgan fingerprint density at radius 1 is 1.25 bits per heavy atom. The highest BCUT2D eigenvalue weighted by Crippen LogP contribution is 2.42. The van der Waals surface area contributed by atoms with Crippen LogP contribution in [0.4, 0.5) is 5.00 Å².